The van der Waals surface area contributed by atoms with Crippen LogP contribution < -0.4 is 10.9 Å². The predicted molar refractivity (Wildman–Crippen MR) is 122 cm³/mol. The van der Waals surface area contributed by atoms with Crippen molar-refractivity contribution in [2.75, 3.05) is 12.0 Å². The van der Waals surface area contributed by atoms with Gasteiger partial charge in [0, 0.05) is 35.0 Å². The summed E-state index contributed by atoms with van der Waals surface area (Å²) in [6.45, 7) is 1.87. The van der Waals surface area contributed by atoms with Gasteiger partial charge in [-0.3, -0.25) is 14.6 Å². The van der Waals surface area contributed by atoms with E-state index in [2.05, 4.69) is 20.3 Å². The Labute approximate surface area is 183 Å². The highest BCUT2D eigenvalue weighted by Gasteiger charge is 2.19. The van der Waals surface area contributed by atoms with Gasteiger partial charge in [-0.1, -0.05) is 0 Å². The van der Waals surface area contributed by atoms with Gasteiger partial charge in [-0.25, -0.2) is 4.98 Å². The largest absolute Gasteiger partial charge is 0.461 e. The van der Waals surface area contributed by atoms with Crippen LogP contribution in [-0.2, 0) is 0 Å². The molecular formula is C23H22N4O3S. The van der Waals surface area contributed by atoms with Crippen molar-refractivity contribution in [3.8, 4) is 11.4 Å². The van der Waals surface area contributed by atoms with E-state index in [-0.39, 0.29) is 11.5 Å². The molecule has 0 bridgehead atoms. The Morgan fingerprint density at radius 1 is 1.26 bits per heavy atom. The molecule has 0 aliphatic heterocycles. The average Bonchev–Trinajstić information content (AvgIpc) is 3.15. The van der Waals surface area contributed by atoms with Crippen molar-refractivity contribution in [1.29, 1.82) is 0 Å². The summed E-state index contributed by atoms with van der Waals surface area (Å²) in [5.41, 5.74) is 2.22. The van der Waals surface area contributed by atoms with Gasteiger partial charge < -0.3 is 14.7 Å². The average molecular weight is 435 g/mol. The molecule has 3 aromatic heterocycles. The number of pyridine rings is 1. The molecular weight excluding hydrogens is 412 g/mol. The van der Waals surface area contributed by atoms with E-state index in [9.17, 15) is 9.59 Å². The maximum atomic E-state index is 13.0. The molecule has 0 saturated heterocycles. The molecule has 0 radical (unpaired) electrons. The van der Waals surface area contributed by atoms with Gasteiger partial charge >= 0.3 is 0 Å². The first-order chi connectivity index (χ1) is 15.0. The molecule has 1 aromatic carbocycles. The molecule has 0 aliphatic carbocycles. The van der Waals surface area contributed by atoms with Crippen LogP contribution in [-0.4, -0.2) is 32.9 Å². The van der Waals surface area contributed by atoms with E-state index in [1.54, 1.807) is 48.4 Å². The third kappa shape index (κ3) is 4.86. The van der Waals surface area contributed by atoms with Crippen LogP contribution in [0.4, 0.5) is 0 Å². The van der Waals surface area contributed by atoms with Crippen LogP contribution in [0, 0.1) is 6.92 Å². The molecule has 158 valence electrons. The first-order valence-electron chi connectivity index (χ1n) is 9.85. The Morgan fingerprint density at radius 2 is 2.13 bits per heavy atom. The van der Waals surface area contributed by atoms with Gasteiger partial charge in [0.1, 0.15) is 17.2 Å². The second kappa shape index (κ2) is 9.18. The molecule has 8 heteroatoms. The van der Waals surface area contributed by atoms with Gasteiger partial charge in [-0.15, -0.1) is 0 Å². The summed E-state index contributed by atoms with van der Waals surface area (Å²) in [4.78, 5) is 36.8. The van der Waals surface area contributed by atoms with Crippen molar-refractivity contribution in [1.82, 2.24) is 20.3 Å². The quantitative estimate of drug-likeness (QED) is 0.454. The number of amides is 1. The Bertz CT molecular complexity index is 1270. The number of aromatic nitrogens is 3. The van der Waals surface area contributed by atoms with Gasteiger partial charge in [-0.2, -0.15) is 11.8 Å². The lowest BCUT2D eigenvalue weighted by Crippen LogP contribution is -2.30. The van der Waals surface area contributed by atoms with E-state index in [0.29, 0.717) is 29.1 Å². The zero-order valence-electron chi connectivity index (χ0n) is 17.2. The van der Waals surface area contributed by atoms with Gasteiger partial charge in [0.15, 0.2) is 0 Å². The minimum Gasteiger partial charge on any atom is -0.461 e. The number of benzene rings is 1. The van der Waals surface area contributed by atoms with Gasteiger partial charge in [0.05, 0.1) is 11.7 Å². The summed E-state index contributed by atoms with van der Waals surface area (Å²) in [7, 11) is 0. The van der Waals surface area contributed by atoms with Crippen LogP contribution in [0.3, 0.4) is 0 Å². The maximum absolute atomic E-state index is 13.0. The summed E-state index contributed by atoms with van der Waals surface area (Å²) < 4.78 is 5.59. The number of hydrogen-bond donors (Lipinski definition) is 2. The minimum atomic E-state index is -0.403. The van der Waals surface area contributed by atoms with Crippen molar-refractivity contribution in [3.63, 3.8) is 0 Å². The van der Waals surface area contributed by atoms with Gasteiger partial charge in [0.2, 0.25) is 0 Å². The molecule has 1 atom stereocenters. The molecule has 1 unspecified atom stereocenters. The second-order valence-electron chi connectivity index (χ2n) is 7.18. The van der Waals surface area contributed by atoms with Crippen LogP contribution in [0.25, 0.3) is 22.4 Å². The van der Waals surface area contributed by atoms with Crippen molar-refractivity contribution in [2.45, 2.75) is 19.4 Å². The van der Waals surface area contributed by atoms with Crippen molar-refractivity contribution >= 4 is 28.6 Å². The van der Waals surface area contributed by atoms with Crippen molar-refractivity contribution in [2.24, 2.45) is 0 Å². The normalized spacial score (nSPS) is 12.1. The fraction of sp³-hybridized carbons (Fsp3) is 0.217. The summed E-state index contributed by atoms with van der Waals surface area (Å²) in [5, 5.41) is 3.92. The first kappa shape index (κ1) is 20.9. The summed E-state index contributed by atoms with van der Waals surface area (Å²) >= 11 is 1.67. The van der Waals surface area contributed by atoms with E-state index in [1.807, 2.05) is 25.3 Å². The van der Waals surface area contributed by atoms with E-state index >= 15 is 0 Å². The number of carbonyl (C=O) groups is 1. The topological polar surface area (TPSA) is 101 Å². The smallest absolute Gasteiger partial charge is 0.251 e. The summed E-state index contributed by atoms with van der Waals surface area (Å²) in [5.74, 6) is 1.80. The number of rotatable bonds is 7. The predicted octanol–water partition coefficient (Wildman–Crippen LogP) is 4.11. The van der Waals surface area contributed by atoms with Crippen LogP contribution in [0.1, 0.15) is 34.3 Å². The molecule has 3 heterocycles. The number of nitrogens with zero attached hydrogens (tertiary/aromatic N) is 2. The van der Waals surface area contributed by atoms with Crippen LogP contribution >= 0.6 is 11.8 Å². The van der Waals surface area contributed by atoms with Crippen molar-refractivity contribution in [3.05, 3.63) is 82.2 Å². The highest BCUT2D eigenvalue weighted by atomic mass is 32.2. The van der Waals surface area contributed by atoms with Crippen LogP contribution in [0.15, 0.2) is 64.1 Å². The fourth-order valence-corrected chi connectivity index (χ4v) is 3.85. The fourth-order valence-electron chi connectivity index (χ4n) is 3.38. The Kier molecular flexibility index (Phi) is 6.18. The monoisotopic (exact) mass is 434 g/mol. The molecule has 0 saturated carbocycles. The van der Waals surface area contributed by atoms with E-state index in [4.69, 9.17) is 4.42 Å². The number of aryl methyl sites for hydroxylation is 1. The van der Waals surface area contributed by atoms with E-state index < -0.39 is 6.04 Å². The number of thioether (sulfide) groups is 1. The Balaban J connectivity index is 1.64. The third-order valence-electron chi connectivity index (χ3n) is 4.87. The Hall–Kier alpha value is -3.39. The first-order valence-corrected chi connectivity index (χ1v) is 11.2. The molecule has 31 heavy (non-hydrogen) atoms. The highest BCUT2D eigenvalue weighted by molar-refractivity contribution is 7.98. The number of hydrogen-bond acceptors (Lipinski definition) is 6. The number of H-pyrrole nitrogens is 1. The molecule has 7 nitrogen and oxygen atoms in total. The number of furan rings is 1. The standard InChI is InChI=1S/C23H22N4O3S/c1-14-10-17-11-15(5-6-20(17)30-14)23(29)26-18(7-9-31-2)19-12-21(28)27-22(25-19)16-4-3-8-24-13-16/h3-6,8,10-13,18H,7,9H2,1-2H3,(H,26,29)(H,25,27,28). The molecule has 0 aliphatic rings. The summed E-state index contributed by atoms with van der Waals surface area (Å²) in [6.07, 6.45) is 5.94. The zero-order valence-corrected chi connectivity index (χ0v) is 18.0. The van der Waals surface area contributed by atoms with Crippen molar-refractivity contribution < 1.29 is 9.21 Å². The molecule has 0 spiro atoms. The third-order valence-corrected chi connectivity index (χ3v) is 5.52. The molecule has 2 N–H and O–H groups in total. The lowest BCUT2D eigenvalue weighted by Gasteiger charge is -2.18. The van der Waals surface area contributed by atoms with Crippen LogP contribution in [0.5, 0.6) is 0 Å². The highest BCUT2D eigenvalue weighted by Crippen LogP contribution is 2.22. The molecule has 4 aromatic rings. The molecule has 0 fully saturated rings. The Morgan fingerprint density at radius 3 is 2.90 bits per heavy atom. The van der Waals surface area contributed by atoms with Crippen LogP contribution in [0.2, 0.25) is 0 Å². The lowest BCUT2D eigenvalue weighted by atomic mass is 10.1. The van der Waals surface area contributed by atoms with E-state index in [0.717, 1.165) is 22.5 Å². The molecule has 4 rings (SSSR count). The molecule has 1 amide bonds. The van der Waals surface area contributed by atoms with Gasteiger partial charge in [-0.05, 0) is 61.8 Å². The lowest BCUT2D eigenvalue weighted by molar-refractivity contribution is 0.0935. The number of fused-ring (bicyclic) bond motifs is 1. The number of nitrogens with one attached hydrogen (secondary N) is 2. The summed E-state index contributed by atoms with van der Waals surface area (Å²) in [6, 6.07) is 11.9. The van der Waals surface area contributed by atoms with Gasteiger partial charge in [0.25, 0.3) is 11.5 Å². The second-order valence-corrected chi connectivity index (χ2v) is 8.16. The minimum absolute atomic E-state index is 0.225. The number of aromatic amines is 1. The maximum Gasteiger partial charge on any atom is 0.251 e. The SMILES string of the molecule is CSCCC(NC(=O)c1ccc2oc(C)cc2c1)c1cc(=O)[nH]c(-c2cccnc2)n1. The zero-order chi connectivity index (χ0) is 21.8. The number of carbonyl (C=O) groups excluding carboxylic acids is 1. The van der Waals surface area contributed by atoms with E-state index in [1.165, 1.54) is 6.07 Å².